The molecule has 1 N–H and O–H groups in total. The molecule has 0 radical (unpaired) electrons. The van der Waals surface area contributed by atoms with Gasteiger partial charge in [-0.1, -0.05) is 35.3 Å². The van der Waals surface area contributed by atoms with E-state index >= 15 is 0 Å². The van der Waals surface area contributed by atoms with Crippen LogP contribution < -0.4 is 5.32 Å². The maximum Gasteiger partial charge on any atom is 0.239 e. The molecule has 0 heterocycles. The molecule has 2 aromatic rings. The molecule has 0 unspecified atom stereocenters. The summed E-state index contributed by atoms with van der Waals surface area (Å²) in [5, 5.41) is 3.19. The van der Waals surface area contributed by atoms with E-state index in [1.807, 2.05) is 0 Å². The van der Waals surface area contributed by atoms with Crippen LogP contribution in [0.25, 0.3) is 0 Å². The third-order valence-corrected chi connectivity index (χ3v) is 5.01. The van der Waals surface area contributed by atoms with Crippen LogP contribution in [0.1, 0.15) is 5.56 Å². The van der Waals surface area contributed by atoms with E-state index in [9.17, 15) is 17.6 Å². The quantitative estimate of drug-likeness (QED) is 0.800. The van der Waals surface area contributed by atoms with Crippen LogP contribution in [-0.4, -0.2) is 31.4 Å². The Morgan fingerprint density at radius 1 is 1.16 bits per heavy atom. The molecule has 0 saturated carbocycles. The van der Waals surface area contributed by atoms with Gasteiger partial charge in [-0.2, -0.15) is 4.31 Å². The van der Waals surface area contributed by atoms with Crippen molar-refractivity contribution in [3.8, 4) is 0 Å². The van der Waals surface area contributed by atoms with Crippen LogP contribution in [0.3, 0.4) is 0 Å². The number of nitrogens with zero attached hydrogens (tertiary/aromatic N) is 1. The van der Waals surface area contributed by atoms with Crippen molar-refractivity contribution in [1.29, 1.82) is 0 Å². The minimum Gasteiger partial charge on any atom is -0.324 e. The molecule has 0 saturated heterocycles. The summed E-state index contributed by atoms with van der Waals surface area (Å²) in [7, 11) is -3.65. The van der Waals surface area contributed by atoms with Crippen molar-refractivity contribution in [1.82, 2.24) is 4.31 Å². The molecule has 2 aromatic carbocycles. The normalized spacial score (nSPS) is 11.6. The summed E-state index contributed by atoms with van der Waals surface area (Å²) in [6.07, 6.45) is 0.999. The van der Waals surface area contributed by atoms with Gasteiger partial charge in [0, 0.05) is 11.6 Å². The highest BCUT2D eigenvalue weighted by atomic mass is 35.5. The molecule has 0 aliphatic heterocycles. The maximum atomic E-state index is 13.0. The Kier molecular flexibility index (Phi) is 6.40. The third kappa shape index (κ3) is 5.97. The number of halogens is 3. The van der Waals surface area contributed by atoms with E-state index in [0.717, 1.165) is 10.6 Å². The second-order valence-electron chi connectivity index (χ2n) is 5.33. The number of carbonyl (C=O) groups excluding carboxylic acids is 1. The van der Waals surface area contributed by atoms with E-state index in [2.05, 4.69) is 5.32 Å². The molecule has 0 aliphatic rings. The molecule has 0 aliphatic carbocycles. The molecule has 2 rings (SSSR count). The van der Waals surface area contributed by atoms with Gasteiger partial charge in [-0.25, -0.2) is 12.8 Å². The Hall–Kier alpha value is -1.67. The van der Waals surface area contributed by atoms with Crippen molar-refractivity contribution in [3.05, 3.63) is 63.9 Å². The van der Waals surface area contributed by atoms with Crippen molar-refractivity contribution in [2.45, 2.75) is 6.54 Å². The van der Waals surface area contributed by atoms with Crippen LogP contribution in [0.2, 0.25) is 10.0 Å². The van der Waals surface area contributed by atoms with E-state index in [1.54, 1.807) is 6.07 Å². The van der Waals surface area contributed by atoms with E-state index in [-0.39, 0.29) is 11.6 Å². The molecule has 9 heteroatoms. The Labute approximate surface area is 155 Å². The Morgan fingerprint density at radius 2 is 1.80 bits per heavy atom. The first kappa shape index (κ1) is 19.7. The molecule has 0 aromatic heterocycles. The van der Waals surface area contributed by atoms with E-state index < -0.39 is 28.3 Å². The van der Waals surface area contributed by atoms with Gasteiger partial charge in [0.1, 0.15) is 5.82 Å². The number of hydrogen-bond acceptors (Lipinski definition) is 3. The number of hydrogen-bond donors (Lipinski definition) is 1. The first-order valence-electron chi connectivity index (χ1n) is 7.09. The topological polar surface area (TPSA) is 66.5 Å². The van der Waals surface area contributed by atoms with E-state index in [1.165, 1.54) is 36.4 Å². The number of benzene rings is 2. The Morgan fingerprint density at radius 3 is 2.36 bits per heavy atom. The standard InChI is InChI=1S/C16H15Cl2FN2O3S/c1-25(23,24)21(9-11-2-5-13(19)6-3-11)10-16(22)20-15-7-4-12(17)8-14(15)18/h2-8H,9-10H2,1H3,(H,20,22). The fourth-order valence-corrected chi connectivity index (χ4v) is 3.22. The smallest absolute Gasteiger partial charge is 0.239 e. The lowest BCUT2D eigenvalue weighted by Gasteiger charge is -2.20. The number of rotatable bonds is 6. The molecule has 0 fully saturated rings. The molecular formula is C16H15Cl2FN2O3S. The average Bonchev–Trinajstić information content (AvgIpc) is 2.50. The van der Waals surface area contributed by atoms with Crippen molar-refractivity contribution in [2.24, 2.45) is 0 Å². The first-order chi connectivity index (χ1) is 11.6. The van der Waals surface area contributed by atoms with Crippen LogP contribution in [0.15, 0.2) is 42.5 Å². The average molecular weight is 405 g/mol. The summed E-state index contributed by atoms with van der Waals surface area (Å²) in [5.74, 6) is -0.985. The number of nitrogens with one attached hydrogen (secondary N) is 1. The fraction of sp³-hybridized carbons (Fsp3) is 0.188. The zero-order valence-electron chi connectivity index (χ0n) is 13.2. The number of amides is 1. The number of anilines is 1. The van der Waals surface area contributed by atoms with Gasteiger partial charge < -0.3 is 5.32 Å². The number of sulfonamides is 1. The van der Waals surface area contributed by atoms with Crippen LogP contribution in [0.4, 0.5) is 10.1 Å². The van der Waals surface area contributed by atoms with Crippen molar-refractivity contribution in [3.63, 3.8) is 0 Å². The van der Waals surface area contributed by atoms with Gasteiger partial charge in [-0.3, -0.25) is 4.79 Å². The zero-order valence-corrected chi connectivity index (χ0v) is 15.5. The van der Waals surface area contributed by atoms with E-state index in [4.69, 9.17) is 23.2 Å². The Bertz CT molecular complexity index is 873. The second kappa shape index (κ2) is 8.14. The second-order valence-corrected chi connectivity index (χ2v) is 8.16. The summed E-state index contributed by atoms with van der Waals surface area (Å²) in [6.45, 7) is -0.462. The predicted octanol–water partition coefficient (Wildman–Crippen LogP) is 3.53. The van der Waals surface area contributed by atoms with Crippen LogP contribution in [0, 0.1) is 5.82 Å². The minimum atomic E-state index is -3.65. The van der Waals surface area contributed by atoms with Gasteiger partial charge in [0.05, 0.1) is 23.5 Å². The SMILES string of the molecule is CS(=O)(=O)N(CC(=O)Nc1ccc(Cl)cc1Cl)Cc1ccc(F)cc1. The molecule has 0 atom stereocenters. The first-order valence-corrected chi connectivity index (χ1v) is 9.70. The highest BCUT2D eigenvalue weighted by molar-refractivity contribution is 7.88. The molecular weight excluding hydrogens is 390 g/mol. The third-order valence-electron chi connectivity index (χ3n) is 3.27. The lowest BCUT2D eigenvalue weighted by molar-refractivity contribution is -0.116. The fourth-order valence-electron chi connectivity index (χ4n) is 2.02. The van der Waals surface area contributed by atoms with E-state index in [0.29, 0.717) is 16.3 Å². The summed E-state index contributed by atoms with van der Waals surface area (Å²) < 4.78 is 37.8. The largest absolute Gasteiger partial charge is 0.324 e. The molecule has 1 amide bonds. The highest BCUT2D eigenvalue weighted by Crippen LogP contribution is 2.25. The van der Waals surface area contributed by atoms with Gasteiger partial charge in [0.25, 0.3) is 0 Å². The molecule has 0 bridgehead atoms. The monoisotopic (exact) mass is 404 g/mol. The van der Waals surface area contributed by atoms with Crippen LogP contribution in [0.5, 0.6) is 0 Å². The number of carbonyl (C=O) groups is 1. The highest BCUT2D eigenvalue weighted by Gasteiger charge is 2.21. The van der Waals surface area contributed by atoms with Gasteiger partial charge in [-0.15, -0.1) is 0 Å². The van der Waals surface area contributed by atoms with Gasteiger partial charge in [0.15, 0.2) is 0 Å². The summed E-state index contributed by atoms with van der Waals surface area (Å²) in [5.41, 5.74) is 0.885. The maximum absolute atomic E-state index is 13.0. The van der Waals surface area contributed by atoms with Crippen molar-refractivity contribution >= 4 is 44.8 Å². The predicted molar refractivity (Wildman–Crippen MR) is 96.7 cm³/mol. The molecule has 5 nitrogen and oxygen atoms in total. The minimum absolute atomic E-state index is 0.0547. The van der Waals surface area contributed by atoms with Gasteiger partial charge >= 0.3 is 0 Å². The lowest BCUT2D eigenvalue weighted by Crippen LogP contribution is -2.36. The molecule has 0 spiro atoms. The van der Waals surface area contributed by atoms with Gasteiger partial charge in [0.2, 0.25) is 15.9 Å². The van der Waals surface area contributed by atoms with Crippen molar-refractivity contribution in [2.75, 3.05) is 18.1 Å². The summed E-state index contributed by atoms with van der Waals surface area (Å²) >= 11 is 11.8. The summed E-state index contributed by atoms with van der Waals surface area (Å²) in [6, 6.07) is 9.91. The van der Waals surface area contributed by atoms with Crippen LogP contribution >= 0.6 is 23.2 Å². The van der Waals surface area contributed by atoms with Gasteiger partial charge in [-0.05, 0) is 35.9 Å². The molecule has 134 valence electrons. The van der Waals surface area contributed by atoms with Crippen LogP contribution in [-0.2, 0) is 21.4 Å². The lowest BCUT2D eigenvalue weighted by atomic mass is 10.2. The zero-order chi connectivity index (χ0) is 18.6. The summed E-state index contributed by atoms with van der Waals surface area (Å²) in [4.78, 5) is 12.2. The van der Waals surface area contributed by atoms with Crippen molar-refractivity contribution < 1.29 is 17.6 Å². The molecule has 25 heavy (non-hydrogen) atoms. The Balaban J connectivity index is 2.11.